The first-order chi connectivity index (χ1) is 18.0. The zero-order valence-corrected chi connectivity index (χ0v) is 20.9. The number of benzene rings is 1. The number of anilines is 2. The van der Waals surface area contributed by atoms with Gasteiger partial charge in [0.1, 0.15) is 24.6 Å². The van der Waals surface area contributed by atoms with Crippen molar-refractivity contribution in [3.8, 4) is 11.5 Å². The molecule has 2 aliphatic heterocycles. The molecule has 1 aliphatic carbocycles. The zero-order chi connectivity index (χ0) is 25.4. The minimum absolute atomic E-state index is 0.0412. The Morgan fingerprint density at radius 1 is 1.16 bits per heavy atom. The van der Waals surface area contributed by atoms with Gasteiger partial charge in [-0.1, -0.05) is 0 Å². The second-order valence-electron chi connectivity index (χ2n) is 9.47. The first kappa shape index (κ1) is 24.0. The smallest absolute Gasteiger partial charge is 0.256 e. The summed E-state index contributed by atoms with van der Waals surface area (Å²) >= 11 is 1.48. The lowest BCUT2D eigenvalue weighted by Gasteiger charge is -2.35. The van der Waals surface area contributed by atoms with Crippen LogP contribution in [0, 0.1) is 0 Å². The highest BCUT2D eigenvalue weighted by Gasteiger charge is 2.40. The molecule has 11 heteroatoms. The number of hydrogen-bond donors (Lipinski definition) is 4. The fourth-order valence-corrected chi connectivity index (χ4v) is 5.73. The number of hydrogen-bond acceptors (Lipinski definition) is 9. The van der Waals surface area contributed by atoms with Crippen LogP contribution in [0.15, 0.2) is 41.4 Å². The number of rotatable bonds is 5. The largest absolute Gasteiger partial charge is 0.486 e. The Morgan fingerprint density at radius 3 is 2.86 bits per heavy atom. The number of thioether (sulfide) groups is 1. The van der Waals surface area contributed by atoms with Gasteiger partial charge in [0, 0.05) is 18.8 Å². The van der Waals surface area contributed by atoms with Crippen LogP contribution in [0.1, 0.15) is 31.4 Å². The number of fused-ring (bicyclic) bond motifs is 4. The first-order valence-corrected chi connectivity index (χ1v) is 13.3. The van der Waals surface area contributed by atoms with E-state index in [1.54, 1.807) is 12.3 Å². The molecule has 0 bridgehead atoms. The zero-order valence-electron chi connectivity index (χ0n) is 20.1. The summed E-state index contributed by atoms with van der Waals surface area (Å²) in [5.41, 5.74) is 0.579. The van der Waals surface area contributed by atoms with E-state index in [4.69, 9.17) is 9.47 Å². The molecule has 10 nitrogen and oxygen atoms in total. The third-order valence-corrected chi connectivity index (χ3v) is 8.05. The summed E-state index contributed by atoms with van der Waals surface area (Å²) in [6.45, 7) is 1.42. The summed E-state index contributed by atoms with van der Waals surface area (Å²) in [4.78, 5) is 34.8. The van der Waals surface area contributed by atoms with Gasteiger partial charge in [-0.3, -0.25) is 14.6 Å². The van der Waals surface area contributed by atoms with E-state index >= 15 is 0 Å². The van der Waals surface area contributed by atoms with Gasteiger partial charge >= 0.3 is 0 Å². The highest BCUT2D eigenvalue weighted by molar-refractivity contribution is 8.00. The Kier molecular flexibility index (Phi) is 6.35. The maximum Gasteiger partial charge on any atom is 0.256 e. The number of ether oxygens (including phenoxy) is 2. The van der Waals surface area contributed by atoms with Crippen molar-refractivity contribution >= 4 is 46.0 Å². The fourth-order valence-electron chi connectivity index (χ4n) is 4.97. The molecule has 0 spiro atoms. The molecular weight excluding hydrogens is 494 g/mol. The van der Waals surface area contributed by atoms with Gasteiger partial charge in [-0.05, 0) is 56.0 Å². The second-order valence-corrected chi connectivity index (χ2v) is 10.5. The molecule has 4 N–H and O–H groups in total. The van der Waals surface area contributed by atoms with E-state index in [2.05, 4.69) is 25.9 Å². The topological polar surface area (TPSA) is 135 Å². The van der Waals surface area contributed by atoms with Crippen molar-refractivity contribution in [2.75, 3.05) is 29.6 Å². The molecule has 4 heterocycles. The van der Waals surface area contributed by atoms with Crippen LogP contribution in [0.3, 0.4) is 0 Å². The van der Waals surface area contributed by atoms with Crippen molar-refractivity contribution in [1.29, 1.82) is 0 Å². The highest BCUT2D eigenvalue weighted by Crippen LogP contribution is 2.41. The van der Waals surface area contributed by atoms with Crippen molar-refractivity contribution < 1.29 is 24.2 Å². The van der Waals surface area contributed by atoms with Crippen molar-refractivity contribution in [2.45, 2.75) is 48.8 Å². The Bertz CT molecular complexity index is 1370. The monoisotopic (exact) mass is 521 g/mol. The quantitative estimate of drug-likeness (QED) is 0.400. The van der Waals surface area contributed by atoms with Gasteiger partial charge in [-0.2, -0.15) is 0 Å². The lowest BCUT2D eigenvalue weighted by Crippen LogP contribution is -2.48. The van der Waals surface area contributed by atoms with Crippen LogP contribution in [0.2, 0.25) is 0 Å². The molecule has 37 heavy (non-hydrogen) atoms. The van der Waals surface area contributed by atoms with Crippen LogP contribution in [-0.2, 0) is 16.1 Å². The third-order valence-electron chi connectivity index (χ3n) is 7.00. The van der Waals surface area contributed by atoms with E-state index in [9.17, 15) is 14.7 Å². The van der Waals surface area contributed by atoms with Crippen molar-refractivity contribution in [3.05, 3.63) is 42.2 Å². The Hall–Kier alpha value is -3.41. The third kappa shape index (κ3) is 4.81. The van der Waals surface area contributed by atoms with E-state index in [0.717, 1.165) is 10.6 Å². The summed E-state index contributed by atoms with van der Waals surface area (Å²) in [5.74, 6) is 1.71. The number of carbonyl (C=O) groups is 2. The van der Waals surface area contributed by atoms with Crippen LogP contribution in [0.25, 0.3) is 10.9 Å². The predicted molar refractivity (Wildman–Crippen MR) is 139 cm³/mol. The maximum absolute atomic E-state index is 13.2. The molecule has 2 amide bonds. The molecular formula is C26H27N5O5S. The van der Waals surface area contributed by atoms with Crippen molar-refractivity contribution in [1.82, 2.24) is 15.3 Å². The molecule has 1 aromatic carbocycles. The van der Waals surface area contributed by atoms with E-state index in [1.165, 1.54) is 11.8 Å². The molecule has 2 aromatic heterocycles. The molecule has 1 saturated carbocycles. The van der Waals surface area contributed by atoms with Gasteiger partial charge < -0.3 is 30.5 Å². The summed E-state index contributed by atoms with van der Waals surface area (Å²) in [7, 11) is 0. The fraction of sp³-hybridized carbons (Fsp3) is 0.385. The highest BCUT2D eigenvalue weighted by atomic mass is 32.2. The number of nitrogens with zero attached hydrogens (tertiary/aromatic N) is 2. The summed E-state index contributed by atoms with van der Waals surface area (Å²) in [6.07, 6.45) is 3.58. The first-order valence-electron chi connectivity index (χ1n) is 12.4. The Morgan fingerprint density at radius 2 is 2.00 bits per heavy atom. The predicted octanol–water partition coefficient (Wildman–Crippen LogP) is 2.85. The van der Waals surface area contributed by atoms with Gasteiger partial charge in [-0.15, -0.1) is 11.8 Å². The van der Waals surface area contributed by atoms with Gasteiger partial charge in [-0.25, -0.2) is 4.98 Å². The van der Waals surface area contributed by atoms with Crippen molar-refractivity contribution in [2.24, 2.45) is 0 Å². The molecule has 6 rings (SSSR count). The molecule has 0 unspecified atom stereocenters. The maximum atomic E-state index is 13.2. The summed E-state index contributed by atoms with van der Waals surface area (Å²) in [6, 6.07) is 9.43. The van der Waals surface area contributed by atoms with E-state index in [1.807, 2.05) is 24.3 Å². The molecule has 192 valence electrons. The Labute approximate surface area is 217 Å². The number of aromatic nitrogens is 2. The van der Waals surface area contributed by atoms with E-state index < -0.39 is 11.5 Å². The molecule has 0 atom stereocenters. The standard InChI is InChI=1S/C26H27N5O5S/c32-21-14-37-20-4-1-16(29-24(20)31-21)13-28-15-5-8-26(34,9-6-15)25(33)30-18-7-10-27-17-2-3-19-23(22(17)18)36-12-11-35-19/h1-4,7,10,15,28,34H,5-6,8-9,11-14H2,(H,27,30,33)(H,29,31,32). The van der Waals surface area contributed by atoms with Gasteiger partial charge in [0.05, 0.1) is 32.9 Å². The van der Waals surface area contributed by atoms with Gasteiger partial charge in [0.15, 0.2) is 11.5 Å². The Balaban J connectivity index is 1.09. The average molecular weight is 522 g/mol. The van der Waals surface area contributed by atoms with E-state index in [0.29, 0.717) is 85.1 Å². The van der Waals surface area contributed by atoms with Crippen LogP contribution in [-0.4, -0.2) is 57.5 Å². The number of carbonyl (C=O) groups excluding carboxylic acids is 2. The summed E-state index contributed by atoms with van der Waals surface area (Å²) in [5, 5.41) is 21.1. The number of aliphatic hydroxyl groups is 1. The molecule has 0 saturated heterocycles. The SMILES string of the molecule is O=C1CSc2ccc(CNC3CCC(O)(C(=O)Nc4ccnc5ccc6c(c45)OCCO6)CC3)nc2N1. The lowest BCUT2D eigenvalue weighted by molar-refractivity contribution is -0.137. The number of amides is 2. The summed E-state index contributed by atoms with van der Waals surface area (Å²) < 4.78 is 11.5. The molecule has 3 aromatic rings. The van der Waals surface area contributed by atoms with Gasteiger partial charge in [0.2, 0.25) is 5.91 Å². The van der Waals surface area contributed by atoms with E-state index in [-0.39, 0.29) is 11.9 Å². The van der Waals surface area contributed by atoms with Gasteiger partial charge in [0.25, 0.3) is 5.91 Å². The van der Waals surface area contributed by atoms with Crippen LogP contribution in [0.4, 0.5) is 11.5 Å². The molecule has 1 fully saturated rings. The minimum Gasteiger partial charge on any atom is -0.486 e. The average Bonchev–Trinajstić information content (AvgIpc) is 2.92. The number of nitrogens with one attached hydrogen (secondary N) is 3. The van der Waals surface area contributed by atoms with Crippen LogP contribution < -0.4 is 25.4 Å². The molecule has 0 radical (unpaired) electrons. The lowest BCUT2D eigenvalue weighted by atomic mass is 9.81. The molecule has 3 aliphatic rings. The normalized spacial score (nSPS) is 22.7. The van der Waals surface area contributed by atoms with Crippen molar-refractivity contribution in [3.63, 3.8) is 0 Å². The van der Waals surface area contributed by atoms with Crippen LogP contribution >= 0.6 is 11.8 Å². The van der Waals surface area contributed by atoms with Crippen LogP contribution in [0.5, 0.6) is 11.5 Å². The number of pyridine rings is 2. The minimum atomic E-state index is -1.47. The second kappa shape index (κ2) is 9.81.